The van der Waals surface area contributed by atoms with Gasteiger partial charge in [-0.2, -0.15) is 4.31 Å². The van der Waals surface area contributed by atoms with Gasteiger partial charge in [0, 0.05) is 31.8 Å². The van der Waals surface area contributed by atoms with Crippen molar-refractivity contribution in [1.29, 1.82) is 0 Å². The largest absolute Gasteiger partial charge is 0.385 e. The molecule has 0 bridgehead atoms. The zero-order valence-electron chi connectivity index (χ0n) is 13.0. The smallest absolute Gasteiger partial charge is 0.243 e. The van der Waals surface area contributed by atoms with Crippen LogP contribution in [0.15, 0.2) is 29.2 Å². The SMILES string of the molecule is COCCCNC(=O)[C@@H]1CCCN1S(=O)(=O)c1ccc(Cl)cc1. The quantitative estimate of drug-likeness (QED) is 0.750. The van der Waals surface area contributed by atoms with E-state index in [1.807, 2.05) is 0 Å². The van der Waals surface area contributed by atoms with E-state index in [1.165, 1.54) is 28.6 Å². The number of nitrogens with zero attached hydrogens (tertiary/aromatic N) is 1. The van der Waals surface area contributed by atoms with Crippen molar-refractivity contribution >= 4 is 27.5 Å². The number of nitrogens with one attached hydrogen (secondary N) is 1. The molecule has 1 atom stereocenters. The molecule has 1 aliphatic heterocycles. The van der Waals surface area contributed by atoms with E-state index in [-0.39, 0.29) is 10.8 Å². The summed E-state index contributed by atoms with van der Waals surface area (Å²) in [4.78, 5) is 12.4. The summed E-state index contributed by atoms with van der Waals surface area (Å²) in [5.41, 5.74) is 0. The molecule has 1 saturated heterocycles. The maximum Gasteiger partial charge on any atom is 0.243 e. The molecular weight excluding hydrogens is 340 g/mol. The van der Waals surface area contributed by atoms with Gasteiger partial charge in [-0.25, -0.2) is 8.42 Å². The number of carbonyl (C=O) groups is 1. The maximum absolute atomic E-state index is 12.7. The summed E-state index contributed by atoms with van der Waals surface area (Å²) < 4.78 is 31.6. The lowest BCUT2D eigenvalue weighted by molar-refractivity contribution is -0.124. The number of hydrogen-bond acceptors (Lipinski definition) is 4. The molecule has 8 heteroatoms. The molecule has 1 N–H and O–H groups in total. The Morgan fingerprint density at radius 3 is 2.74 bits per heavy atom. The monoisotopic (exact) mass is 360 g/mol. The van der Waals surface area contributed by atoms with Crippen LogP contribution in [0.2, 0.25) is 5.02 Å². The van der Waals surface area contributed by atoms with E-state index in [2.05, 4.69) is 5.32 Å². The van der Waals surface area contributed by atoms with E-state index in [9.17, 15) is 13.2 Å². The first-order chi connectivity index (χ1) is 11.0. The number of carbonyl (C=O) groups excluding carboxylic acids is 1. The molecule has 1 heterocycles. The van der Waals surface area contributed by atoms with E-state index in [4.69, 9.17) is 16.3 Å². The van der Waals surface area contributed by atoms with Gasteiger partial charge in [-0.15, -0.1) is 0 Å². The van der Waals surface area contributed by atoms with Crippen LogP contribution in [0.25, 0.3) is 0 Å². The number of sulfonamides is 1. The minimum absolute atomic E-state index is 0.154. The Morgan fingerprint density at radius 1 is 1.39 bits per heavy atom. The van der Waals surface area contributed by atoms with E-state index in [0.717, 1.165) is 0 Å². The van der Waals surface area contributed by atoms with E-state index < -0.39 is 16.1 Å². The first kappa shape index (κ1) is 18.2. The molecular formula is C15H21ClN2O4S. The van der Waals surface area contributed by atoms with E-state index in [0.29, 0.717) is 44.0 Å². The third-order valence-electron chi connectivity index (χ3n) is 3.75. The molecule has 0 spiro atoms. The van der Waals surface area contributed by atoms with Gasteiger partial charge in [0.15, 0.2) is 0 Å². The molecule has 1 aliphatic rings. The van der Waals surface area contributed by atoms with Gasteiger partial charge in [0.05, 0.1) is 4.90 Å². The van der Waals surface area contributed by atoms with Crippen molar-refractivity contribution in [2.24, 2.45) is 0 Å². The van der Waals surface area contributed by atoms with Crippen molar-refractivity contribution in [3.63, 3.8) is 0 Å². The molecule has 0 unspecified atom stereocenters. The van der Waals surface area contributed by atoms with Crippen molar-refractivity contribution in [3.8, 4) is 0 Å². The summed E-state index contributed by atoms with van der Waals surface area (Å²) in [5.74, 6) is -0.254. The summed E-state index contributed by atoms with van der Waals surface area (Å²) in [6, 6.07) is 5.33. The van der Waals surface area contributed by atoms with Crippen molar-refractivity contribution < 1.29 is 17.9 Å². The molecule has 0 saturated carbocycles. The number of amides is 1. The van der Waals surface area contributed by atoms with Gasteiger partial charge < -0.3 is 10.1 Å². The Hall–Kier alpha value is -1.15. The third kappa shape index (κ3) is 4.44. The Bertz CT molecular complexity index is 633. The minimum Gasteiger partial charge on any atom is -0.385 e. The standard InChI is InChI=1S/C15H21ClN2O4S/c1-22-11-3-9-17-15(19)14-4-2-10-18(14)23(20,21)13-7-5-12(16)6-8-13/h5-8,14H,2-4,9-11H2,1H3,(H,17,19)/t14-/m0/s1. The van der Waals surface area contributed by atoms with Crippen LogP contribution in [0, 0.1) is 0 Å². The van der Waals surface area contributed by atoms with Gasteiger partial charge in [-0.05, 0) is 43.5 Å². The molecule has 0 aliphatic carbocycles. The van der Waals surface area contributed by atoms with Crippen LogP contribution in [0.4, 0.5) is 0 Å². The molecule has 23 heavy (non-hydrogen) atoms. The molecule has 1 amide bonds. The molecule has 128 valence electrons. The second kappa shape index (κ2) is 8.10. The van der Waals surface area contributed by atoms with Gasteiger partial charge in [0.25, 0.3) is 0 Å². The summed E-state index contributed by atoms with van der Waals surface area (Å²) in [6.07, 6.45) is 1.89. The maximum atomic E-state index is 12.7. The molecule has 6 nitrogen and oxygen atoms in total. The predicted octanol–water partition coefficient (Wildman–Crippen LogP) is 1.65. The number of rotatable bonds is 7. The number of benzene rings is 1. The van der Waals surface area contributed by atoms with Gasteiger partial charge in [-0.1, -0.05) is 11.6 Å². The highest BCUT2D eigenvalue weighted by atomic mass is 35.5. The number of halogens is 1. The highest BCUT2D eigenvalue weighted by molar-refractivity contribution is 7.89. The summed E-state index contributed by atoms with van der Waals surface area (Å²) in [6.45, 7) is 1.37. The van der Waals surface area contributed by atoms with Gasteiger partial charge in [0.1, 0.15) is 6.04 Å². The van der Waals surface area contributed by atoms with Crippen LogP contribution in [0.3, 0.4) is 0 Å². The van der Waals surface area contributed by atoms with Gasteiger partial charge in [0.2, 0.25) is 15.9 Å². The number of ether oxygens (including phenoxy) is 1. The first-order valence-electron chi connectivity index (χ1n) is 7.51. The number of methoxy groups -OCH3 is 1. The summed E-state index contributed by atoms with van der Waals surface area (Å²) >= 11 is 5.80. The van der Waals surface area contributed by atoms with Crippen LogP contribution < -0.4 is 5.32 Å². The third-order valence-corrected chi connectivity index (χ3v) is 5.93. The first-order valence-corrected chi connectivity index (χ1v) is 9.32. The highest BCUT2D eigenvalue weighted by Gasteiger charge is 2.39. The lowest BCUT2D eigenvalue weighted by Crippen LogP contribution is -2.46. The fourth-order valence-electron chi connectivity index (χ4n) is 2.58. The molecule has 2 rings (SSSR count). The fourth-order valence-corrected chi connectivity index (χ4v) is 4.36. The Labute approximate surface area is 141 Å². The van der Waals surface area contributed by atoms with Crippen LogP contribution in [-0.4, -0.2) is 51.5 Å². The zero-order chi connectivity index (χ0) is 16.9. The average molecular weight is 361 g/mol. The van der Waals surface area contributed by atoms with Gasteiger partial charge >= 0.3 is 0 Å². The Balaban J connectivity index is 2.08. The summed E-state index contributed by atoms with van der Waals surface area (Å²) in [7, 11) is -2.10. The highest BCUT2D eigenvalue weighted by Crippen LogP contribution is 2.26. The molecule has 0 aromatic heterocycles. The average Bonchev–Trinajstić information content (AvgIpc) is 3.02. The Kier molecular flexibility index (Phi) is 6.41. The topological polar surface area (TPSA) is 75.7 Å². The summed E-state index contributed by atoms with van der Waals surface area (Å²) in [5, 5.41) is 3.25. The zero-order valence-corrected chi connectivity index (χ0v) is 14.6. The van der Waals surface area contributed by atoms with E-state index in [1.54, 1.807) is 7.11 Å². The van der Waals surface area contributed by atoms with Gasteiger partial charge in [-0.3, -0.25) is 4.79 Å². The predicted molar refractivity (Wildman–Crippen MR) is 87.9 cm³/mol. The van der Waals surface area contributed by atoms with Crippen molar-refractivity contribution in [1.82, 2.24) is 9.62 Å². The minimum atomic E-state index is -3.70. The normalized spacial score (nSPS) is 19.0. The van der Waals surface area contributed by atoms with Crippen LogP contribution in [0.5, 0.6) is 0 Å². The second-order valence-corrected chi connectivity index (χ2v) is 7.69. The van der Waals surface area contributed by atoms with E-state index >= 15 is 0 Å². The molecule has 1 fully saturated rings. The van der Waals surface area contributed by atoms with Crippen molar-refractivity contribution in [2.75, 3.05) is 26.8 Å². The molecule has 1 aromatic rings. The van der Waals surface area contributed by atoms with Crippen LogP contribution in [0.1, 0.15) is 19.3 Å². The van der Waals surface area contributed by atoms with Crippen molar-refractivity contribution in [3.05, 3.63) is 29.3 Å². The Morgan fingerprint density at radius 2 is 2.09 bits per heavy atom. The lowest BCUT2D eigenvalue weighted by atomic mass is 10.2. The fraction of sp³-hybridized carbons (Fsp3) is 0.533. The van der Waals surface area contributed by atoms with Crippen molar-refractivity contribution in [2.45, 2.75) is 30.2 Å². The number of hydrogen-bond donors (Lipinski definition) is 1. The second-order valence-electron chi connectivity index (χ2n) is 5.37. The van der Waals surface area contributed by atoms with Crippen LogP contribution in [-0.2, 0) is 19.6 Å². The molecule has 1 aromatic carbocycles. The lowest BCUT2D eigenvalue weighted by Gasteiger charge is -2.23. The van der Waals surface area contributed by atoms with Crippen LogP contribution >= 0.6 is 11.6 Å². The molecule has 0 radical (unpaired) electrons.